The number of hydrogen-bond donors (Lipinski definition) is 3. The lowest BCUT2D eigenvalue weighted by Gasteiger charge is -2.28. The molecule has 152 valence electrons. The van der Waals surface area contributed by atoms with Crippen molar-refractivity contribution in [2.45, 2.75) is 32.4 Å². The van der Waals surface area contributed by atoms with Crippen molar-refractivity contribution in [1.29, 1.82) is 0 Å². The van der Waals surface area contributed by atoms with E-state index in [1.165, 1.54) is 0 Å². The van der Waals surface area contributed by atoms with Crippen LogP contribution in [0.4, 0.5) is 10.6 Å². The van der Waals surface area contributed by atoms with Crippen molar-refractivity contribution in [1.82, 2.24) is 20.5 Å². The fourth-order valence-electron chi connectivity index (χ4n) is 3.40. The summed E-state index contributed by atoms with van der Waals surface area (Å²) < 4.78 is 11.5. The van der Waals surface area contributed by atoms with Gasteiger partial charge < -0.3 is 14.8 Å². The summed E-state index contributed by atoms with van der Waals surface area (Å²) in [6, 6.07) is 11.1. The highest BCUT2D eigenvalue weighted by molar-refractivity contribution is 5.92. The lowest BCUT2D eigenvalue weighted by Crippen LogP contribution is -2.34. The van der Waals surface area contributed by atoms with Gasteiger partial charge in [-0.25, -0.2) is 9.78 Å². The number of urea groups is 1. The number of benzene rings is 1. The minimum atomic E-state index is -0.319. The van der Waals surface area contributed by atoms with Gasteiger partial charge in [0, 0.05) is 24.6 Å². The molecule has 1 aliphatic rings. The predicted octanol–water partition coefficient (Wildman–Crippen LogP) is 3.64. The molecule has 1 saturated heterocycles. The monoisotopic (exact) mass is 395 g/mol. The zero-order chi connectivity index (χ0) is 20.2. The third-order valence-corrected chi connectivity index (χ3v) is 5.13. The van der Waals surface area contributed by atoms with E-state index in [1.54, 1.807) is 12.3 Å². The molecule has 2 amide bonds. The molecule has 3 aromatic rings. The number of carbonyl (C=O) groups excluding carboxylic acids is 1. The van der Waals surface area contributed by atoms with Crippen molar-refractivity contribution in [3.63, 3.8) is 0 Å². The molecule has 8 heteroatoms. The summed E-state index contributed by atoms with van der Waals surface area (Å²) in [5, 5.41) is 13.7. The number of aromatic nitrogens is 3. The molecule has 29 heavy (non-hydrogen) atoms. The molecule has 0 radical (unpaired) electrons. The Morgan fingerprint density at radius 2 is 2.17 bits per heavy atom. The molecule has 3 unspecified atom stereocenters. The van der Waals surface area contributed by atoms with Crippen LogP contribution in [0.1, 0.15) is 31.9 Å². The van der Waals surface area contributed by atoms with Gasteiger partial charge in [-0.2, -0.15) is 0 Å². The first-order chi connectivity index (χ1) is 14.1. The van der Waals surface area contributed by atoms with Crippen LogP contribution in [0, 0.1) is 5.92 Å². The number of pyridine rings is 1. The average molecular weight is 395 g/mol. The van der Waals surface area contributed by atoms with E-state index in [0.29, 0.717) is 30.8 Å². The van der Waals surface area contributed by atoms with Crippen molar-refractivity contribution in [2.24, 2.45) is 5.92 Å². The second-order valence-corrected chi connectivity index (χ2v) is 7.37. The largest absolute Gasteiger partial charge is 0.472 e. The molecule has 0 spiro atoms. The van der Waals surface area contributed by atoms with Gasteiger partial charge in [-0.3, -0.25) is 10.4 Å². The molecular weight excluding hydrogens is 370 g/mol. The van der Waals surface area contributed by atoms with Crippen molar-refractivity contribution in [3.8, 4) is 5.88 Å². The molecule has 3 atom stereocenters. The van der Waals surface area contributed by atoms with Crippen LogP contribution in [-0.2, 0) is 4.74 Å². The molecule has 3 N–H and O–H groups in total. The number of nitrogens with one attached hydrogen (secondary N) is 3. The fraction of sp³-hybridized carbons (Fsp3) is 0.381. The molecule has 1 fully saturated rings. The third kappa shape index (κ3) is 4.48. The van der Waals surface area contributed by atoms with Crippen LogP contribution in [-0.4, -0.2) is 40.5 Å². The molecule has 1 aromatic carbocycles. The number of H-pyrrole nitrogens is 1. The van der Waals surface area contributed by atoms with Gasteiger partial charge in [0.2, 0.25) is 5.88 Å². The van der Waals surface area contributed by atoms with Crippen LogP contribution in [0.3, 0.4) is 0 Å². The first kappa shape index (κ1) is 19.2. The number of aromatic amines is 1. The van der Waals surface area contributed by atoms with Crippen molar-refractivity contribution < 1.29 is 14.3 Å². The zero-order valence-corrected chi connectivity index (χ0v) is 16.5. The predicted molar refractivity (Wildman–Crippen MR) is 110 cm³/mol. The van der Waals surface area contributed by atoms with Crippen LogP contribution in [0.5, 0.6) is 5.88 Å². The Labute approximate surface area is 169 Å². The van der Waals surface area contributed by atoms with E-state index in [0.717, 1.165) is 22.9 Å². The number of carbonyl (C=O) groups is 1. The van der Waals surface area contributed by atoms with Gasteiger partial charge in [-0.15, -0.1) is 5.10 Å². The van der Waals surface area contributed by atoms with E-state index in [1.807, 2.05) is 37.3 Å². The van der Waals surface area contributed by atoms with Gasteiger partial charge in [-0.05, 0) is 12.5 Å². The normalized spacial score (nSPS) is 20.2. The Hall–Kier alpha value is -3.13. The highest BCUT2D eigenvalue weighted by atomic mass is 16.5. The van der Waals surface area contributed by atoms with Gasteiger partial charge >= 0.3 is 6.03 Å². The van der Waals surface area contributed by atoms with E-state index >= 15 is 0 Å². The number of amides is 2. The summed E-state index contributed by atoms with van der Waals surface area (Å²) in [6.45, 7) is 5.42. The number of nitrogens with zero attached hydrogens (tertiary/aromatic N) is 2. The maximum Gasteiger partial charge on any atom is 0.320 e. The number of hydrogen-bond acceptors (Lipinski definition) is 5. The summed E-state index contributed by atoms with van der Waals surface area (Å²) in [6.07, 6.45) is 2.56. The molecule has 8 nitrogen and oxygen atoms in total. The number of ether oxygens (including phenoxy) is 2. The van der Waals surface area contributed by atoms with E-state index < -0.39 is 0 Å². The summed E-state index contributed by atoms with van der Waals surface area (Å²) in [5.41, 5.74) is 1.78. The Kier molecular flexibility index (Phi) is 5.62. The van der Waals surface area contributed by atoms with E-state index in [-0.39, 0.29) is 18.2 Å². The van der Waals surface area contributed by atoms with Crippen molar-refractivity contribution >= 4 is 22.8 Å². The second kappa shape index (κ2) is 8.48. The maximum atomic E-state index is 12.3. The number of rotatable bonds is 5. The highest BCUT2D eigenvalue weighted by Crippen LogP contribution is 2.27. The van der Waals surface area contributed by atoms with Gasteiger partial charge in [0.1, 0.15) is 11.9 Å². The molecule has 0 saturated carbocycles. The van der Waals surface area contributed by atoms with Crippen LogP contribution >= 0.6 is 0 Å². The van der Waals surface area contributed by atoms with Gasteiger partial charge in [0.15, 0.2) is 0 Å². The summed E-state index contributed by atoms with van der Waals surface area (Å²) in [4.78, 5) is 16.6. The first-order valence-electron chi connectivity index (χ1n) is 9.81. The zero-order valence-electron chi connectivity index (χ0n) is 16.5. The Balaban J connectivity index is 1.41. The quantitative estimate of drug-likeness (QED) is 0.612. The van der Waals surface area contributed by atoms with E-state index in [4.69, 9.17) is 9.47 Å². The standard InChI is InChI=1S/C21H25N5O3/c1-13-12-28-9-8-18(13)29-20-16-11-22-19(10-17(16)25-26-20)24-21(27)23-14(2)15-6-4-3-5-7-15/h3-7,10-11,13-14,18H,8-9,12H2,1-2H3,(H,25,26)(H2,22,23,24,27). The van der Waals surface area contributed by atoms with Gasteiger partial charge in [-0.1, -0.05) is 37.3 Å². The number of anilines is 1. The van der Waals surface area contributed by atoms with Crippen molar-refractivity contribution in [3.05, 3.63) is 48.2 Å². The van der Waals surface area contributed by atoms with Crippen LogP contribution < -0.4 is 15.4 Å². The van der Waals surface area contributed by atoms with E-state index in [2.05, 4.69) is 32.7 Å². The lowest BCUT2D eigenvalue weighted by atomic mass is 10.0. The Bertz CT molecular complexity index is 975. The minimum Gasteiger partial charge on any atom is -0.472 e. The van der Waals surface area contributed by atoms with Crippen molar-refractivity contribution in [2.75, 3.05) is 18.5 Å². The fourth-order valence-corrected chi connectivity index (χ4v) is 3.40. The lowest BCUT2D eigenvalue weighted by molar-refractivity contribution is -0.0175. The molecule has 0 bridgehead atoms. The van der Waals surface area contributed by atoms with E-state index in [9.17, 15) is 4.79 Å². The smallest absolute Gasteiger partial charge is 0.320 e. The maximum absolute atomic E-state index is 12.3. The Morgan fingerprint density at radius 3 is 2.97 bits per heavy atom. The molecule has 2 aromatic heterocycles. The van der Waals surface area contributed by atoms with Gasteiger partial charge in [0.25, 0.3) is 0 Å². The van der Waals surface area contributed by atoms with Crippen LogP contribution in [0.15, 0.2) is 42.6 Å². The SMILES string of the molecule is CC(NC(=O)Nc1cc2[nH]nc(OC3CCOCC3C)c2cn1)c1ccccc1. The average Bonchev–Trinajstić information content (AvgIpc) is 3.12. The minimum absolute atomic E-state index is 0.0679. The third-order valence-electron chi connectivity index (χ3n) is 5.13. The topological polar surface area (TPSA) is 101 Å². The van der Waals surface area contributed by atoms with Crippen LogP contribution in [0.25, 0.3) is 10.9 Å². The number of fused-ring (bicyclic) bond motifs is 1. The molecule has 4 rings (SSSR count). The molecular formula is C21H25N5O3. The summed E-state index contributed by atoms with van der Waals surface area (Å²) in [5.74, 6) is 1.27. The van der Waals surface area contributed by atoms with Crippen LogP contribution in [0.2, 0.25) is 0 Å². The summed E-state index contributed by atoms with van der Waals surface area (Å²) >= 11 is 0. The first-order valence-corrected chi connectivity index (χ1v) is 9.81. The Morgan fingerprint density at radius 1 is 1.34 bits per heavy atom. The second-order valence-electron chi connectivity index (χ2n) is 7.37. The molecule has 0 aliphatic carbocycles. The molecule has 1 aliphatic heterocycles. The van der Waals surface area contributed by atoms with Gasteiger partial charge in [0.05, 0.1) is 30.2 Å². The summed E-state index contributed by atoms with van der Waals surface area (Å²) in [7, 11) is 0. The highest BCUT2D eigenvalue weighted by Gasteiger charge is 2.25. The molecule has 3 heterocycles.